The number of nitrogens with zero attached hydrogens (tertiary/aromatic N) is 1. The molecule has 7 heteroatoms. The van der Waals surface area contributed by atoms with Gasteiger partial charge >= 0.3 is 0 Å². The van der Waals surface area contributed by atoms with E-state index in [4.69, 9.17) is 32.7 Å². The normalized spacial score (nSPS) is 10.8. The first-order valence-corrected chi connectivity index (χ1v) is 8.43. The third-order valence-electron chi connectivity index (χ3n) is 3.37. The Morgan fingerprint density at radius 1 is 1.23 bits per heavy atom. The molecule has 2 rings (SSSR count). The maximum absolute atomic E-state index is 12.4. The first kappa shape index (κ1) is 19.6. The summed E-state index contributed by atoms with van der Waals surface area (Å²) in [5, 5.41) is 12.7. The van der Waals surface area contributed by atoms with Gasteiger partial charge in [0.1, 0.15) is 11.6 Å². The van der Waals surface area contributed by atoms with Gasteiger partial charge < -0.3 is 14.8 Å². The summed E-state index contributed by atoms with van der Waals surface area (Å²) < 4.78 is 10.7. The van der Waals surface area contributed by atoms with E-state index >= 15 is 0 Å². The van der Waals surface area contributed by atoms with Crippen molar-refractivity contribution in [2.45, 2.75) is 6.92 Å². The van der Waals surface area contributed by atoms with Gasteiger partial charge in [-0.3, -0.25) is 4.79 Å². The number of carbonyl (C=O) groups excluding carboxylic acids is 1. The molecule has 2 aromatic rings. The minimum atomic E-state index is -0.592. The molecule has 2 aromatic carbocycles. The number of ether oxygens (including phenoxy) is 2. The van der Waals surface area contributed by atoms with Crippen LogP contribution in [-0.4, -0.2) is 19.6 Å². The predicted molar refractivity (Wildman–Crippen MR) is 103 cm³/mol. The van der Waals surface area contributed by atoms with Crippen molar-refractivity contribution in [3.8, 4) is 17.6 Å². The van der Waals surface area contributed by atoms with E-state index in [0.717, 1.165) is 0 Å². The highest BCUT2D eigenvalue weighted by atomic mass is 35.5. The van der Waals surface area contributed by atoms with Crippen LogP contribution in [0.3, 0.4) is 0 Å². The largest absolute Gasteiger partial charge is 0.493 e. The zero-order valence-electron chi connectivity index (χ0n) is 14.2. The molecule has 0 saturated heterocycles. The van der Waals surface area contributed by atoms with Crippen LogP contribution in [0.5, 0.6) is 11.5 Å². The number of halogens is 2. The second-order valence-electron chi connectivity index (χ2n) is 5.06. The summed E-state index contributed by atoms with van der Waals surface area (Å²) in [5.41, 5.74) is 0.748. The highest BCUT2D eigenvalue weighted by molar-refractivity contribution is 6.34. The lowest BCUT2D eigenvalue weighted by molar-refractivity contribution is -0.112. The summed E-state index contributed by atoms with van der Waals surface area (Å²) in [5.74, 6) is 0.341. The Morgan fingerprint density at radius 2 is 1.96 bits per heavy atom. The molecule has 1 N–H and O–H groups in total. The van der Waals surface area contributed by atoms with Crippen molar-refractivity contribution >= 4 is 40.9 Å². The van der Waals surface area contributed by atoms with Crippen molar-refractivity contribution in [2.75, 3.05) is 19.0 Å². The monoisotopic (exact) mass is 390 g/mol. The maximum Gasteiger partial charge on any atom is 0.266 e. The Labute approximate surface area is 161 Å². The zero-order valence-corrected chi connectivity index (χ0v) is 15.7. The topological polar surface area (TPSA) is 71.3 Å². The number of nitriles is 1. The van der Waals surface area contributed by atoms with E-state index in [-0.39, 0.29) is 5.57 Å². The number of para-hydroxylation sites is 1. The van der Waals surface area contributed by atoms with Gasteiger partial charge in [0.05, 0.1) is 29.4 Å². The van der Waals surface area contributed by atoms with Crippen LogP contribution in [0, 0.1) is 11.3 Å². The second-order valence-corrected chi connectivity index (χ2v) is 5.88. The Morgan fingerprint density at radius 3 is 2.58 bits per heavy atom. The Bertz CT molecular complexity index is 889. The van der Waals surface area contributed by atoms with Crippen LogP contribution in [0.2, 0.25) is 10.0 Å². The molecule has 0 radical (unpaired) electrons. The van der Waals surface area contributed by atoms with Crippen LogP contribution in [0.15, 0.2) is 42.0 Å². The Hall–Kier alpha value is -2.68. The fourth-order valence-electron chi connectivity index (χ4n) is 2.15. The van der Waals surface area contributed by atoms with Gasteiger partial charge in [-0.15, -0.1) is 0 Å². The molecule has 0 bridgehead atoms. The van der Waals surface area contributed by atoms with Gasteiger partial charge in [-0.05, 0) is 36.8 Å². The number of methoxy groups -OCH3 is 1. The van der Waals surface area contributed by atoms with Gasteiger partial charge in [0.25, 0.3) is 5.91 Å². The predicted octanol–water partition coefficient (Wildman–Crippen LogP) is 4.95. The maximum atomic E-state index is 12.4. The van der Waals surface area contributed by atoms with Crippen LogP contribution in [0.25, 0.3) is 6.08 Å². The summed E-state index contributed by atoms with van der Waals surface area (Å²) in [4.78, 5) is 12.4. The zero-order chi connectivity index (χ0) is 19.1. The first-order valence-electron chi connectivity index (χ1n) is 7.68. The summed E-state index contributed by atoms with van der Waals surface area (Å²) in [7, 11) is 1.50. The number of nitrogens with one attached hydrogen (secondary N) is 1. The van der Waals surface area contributed by atoms with E-state index in [1.54, 1.807) is 36.4 Å². The van der Waals surface area contributed by atoms with Gasteiger partial charge in [-0.2, -0.15) is 5.26 Å². The molecular formula is C19H16Cl2N2O3. The quantitative estimate of drug-likeness (QED) is 0.559. The van der Waals surface area contributed by atoms with Crippen molar-refractivity contribution in [1.29, 1.82) is 5.26 Å². The van der Waals surface area contributed by atoms with Crippen molar-refractivity contribution in [2.24, 2.45) is 0 Å². The lowest BCUT2D eigenvalue weighted by Crippen LogP contribution is -2.13. The summed E-state index contributed by atoms with van der Waals surface area (Å²) >= 11 is 12.3. The molecule has 0 unspecified atom stereocenters. The van der Waals surface area contributed by atoms with Crippen LogP contribution in [0.1, 0.15) is 12.5 Å². The third kappa shape index (κ3) is 4.69. The van der Waals surface area contributed by atoms with Crippen molar-refractivity contribution in [1.82, 2.24) is 0 Å². The fraction of sp³-hybridized carbons (Fsp3) is 0.158. The standard InChI is InChI=1S/C19H16Cl2N2O3/c1-3-26-18-9-12(15(21)10-17(18)25-2)8-13(11-22)19(24)23-16-7-5-4-6-14(16)20/h4-10H,3H2,1-2H3,(H,23,24)/b13-8+. The molecule has 0 aliphatic heterocycles. The lowest BCUT2D eigenvalue weighted by Gasteiger charge is -2.12. The van der Waals surface area contributed by atoms with Crippen molar-refractivity contribution in [3.63, 3.8) is 0 Å². The highest BCUT2D eigenvalue weighted by Gasteiger charge is 2.14. The van der Waals surface area contributed by atoms with Gasteiger partial charge in [0.2, 0.25) is 0 Å². The molecule has 1 amide bonds. The van der Waals surface area contributed by atoms with E-state index in [1.165, 1.54) is 13.2 Å². The molecule has 0 aliphatic rings. The third-order valence-corrected chi connectivity index (χ3v) is 4.03. The molecule has 0 aromatic heterocycles. The van der Waals surface area contributed by atoms with Crippen LogP contribution >= 0.6 is 23.2 Å². The summed E-state index contributed by atoms with van der Waals surface area (Å²) in [6.45, 7) is 2.26. The minimum absolute atomic E-state index is 0.126. The fourth-order valence-corrected chi connectivity index (χ4v) is 2.54. The van der Waals surface area contributed by atoms with E-state index in [1.807, 2.05) is 13.0 Å². The summed E-state index contributed by atoms with van der Waals surface area (Å²) in [6, 6.07) is 11.8. The number of carbonyl (C=O) groups is 1. The smallest absolute Gasteiger partial charge is 0.266 e. The molecule has 0 saturated carbocycles. The van der Waals surface area contributed by atoms with Gasteiger partial charge in [-0.1, -0.05) is 35.3 Å². The van der Waals surface area contributed by atoms with Crippen molar-refractivity contribution in [3.05, 3.63) is 57.6 Å². The molecule has 0 fully saturated rings. The number of hydrogen-bond acceptors (Lipinski definition) is 4. The Kier molecular flexibility index (Phi) is 6.90. The van der Waals surface area contributed by atoms with Gasteiger partial charge in [0.15, 0.2) is 11.5 Å². The van der Waals surface area contributed by atoms with Gasteiger partial charge in [0, 0.05) is 6.07 Å². The minimum Gasteiger partial charge on any atom is -0.493 e. The number of benzene rings is 2. The SMILES string of the molecule is CCOc1cc(/C=C(\C#N)C(=O)Nc2ccccc2Cl)c(Cl)cc1OC. The number of hydrogen-bond donors (Lipinski definition) is 1. The molecule has 134 valence electrons. The average Bonchev–Trinajstić information content (AvgIpc) is 2.63. The molecular weight excluding hydrogens is 375 g/mol. The molecule has 5 nitrogen and oxygen atoms in total. The summed E-state index contributed by atoms with van der Waals surface area (Å²) in [6.07, 6.45) is 1.39. The molecule has 0 atom stereocenters. The first-order chi connectivity index (χ1) is 12.5. The number of rotatable bonds is 6. The van der Waals surface area contributed by atoms with Crippen molar-refractivity contribution < 1.29 is 14.3 Å². The molecule has 0 spiro atoms. The number of amides is 1. The van der Waals surface area contributed by atoms with Crippen LogP contribution < -0.4 is 14.8 Å². The van der Waals surface area contributed by atoms with Gasteiger partial charge in [-0.25, -0.2) is 0 Å². The van der Waals surface area contributed by atoms with E-state index in [9.17, 15) is 10.1 Å². The van der Waals surface area contributed by atoms with Crippen LogP contribution in [0.4, 0.5) is 5.69 Å². The second kappa shape index (κ2) is 9.14. The lowest BCUT2D eigenvalue weighted by atomic mass is 10.1. The molecule has 0 aliphatic carbocycles. The molecule has 26 heavy (non-hydrogen) atoms. The number of anilines is 1. The highest BCUT2D eigenvalue weighted by Crippen LogP contribution is 2.34. The average molecular weight is 391 g/mol. The van der Waals surface area contributed by atoms with Crippen LogP contribution in [-0.2, 0) is 4.79 Å². The van der Waals surface area contributed by atoms with E-state index < -0.39 is 5.91 Å². The van der Waals surface area contributed by atoms with E-state index in [2.05, 4.69) is 5.32 Å². The van der Waals surface area contributed by atoms with E-state index in [0.29, 0.717) is 39.4 Å². The molecule has 0 heterocycles. The Balaban J connectivity index is 2.36.